The smallest absolute Gasteiger partial charge is 0.125 e. The molecule has 0 bridgehead atoms. The summed E-state index contributed by atoms with van der Waals surface area (Å²) in [4.78, 5) is 8.84. The Morgan fingerprint density at radius 3 is 2.85 bits per heavy atom. The first-order chi connectivity index (χ1) is 9.85. The van der Waals surface area contributed by atoms with Crippen LogP contribution in [0.2, 0.25) is 0 Å². The van der Waals surface area contributed by atoms with Gasteiger partial charge in [-0.15, -0.1) is 11.6 Å². The molecule has 20 heavy (non-hydrogen) atoms. The van der Waals surface area contributed by atoms with Crippen molar-refractivity contribution < 1.29 is 0 Å². The van der Waals surface area contributed by atoms with Gasteiger partial charge in [-0.3, -0.25) is 4.98 Å². The zero-order chi connectivity index (χ0) is 13.9. The number of halogens is 1. The molecule has 1 fully saturated rings. The number of hydrogen-bond acceptors (Lipinski definition) is 2. The normalized spacial score (nSPS) is 18.5. The lowest BCUT2D eigenvalue weighted by molar-refractivity contribution is 0.244. The van der Waals surface area contributed by atoms with Gasteiger partial charge in [0.1, 0.15) is 11.3 Å². The molecule has 0 radical (unpaired) electrons. The molecule has 3 nitrogen and oxygen atoms in total. The number of pyridine rings is 1. The van der Waals surface area contributed by atoms with Crippen LogP contribution in [0.5, 0.6) is 0 Å². The van der Waals surface area contributed by atoms with Crippen LogP contribution in [-0.2, 0) is 5.88 Å². The Bertz CT molecular complexity index is 572. The minimum Gasteiger partial charge on any atom is -0.323 e. The lowest BCUT2D eigenvalue weighted by Crippen LogP contribution is -2.22. The maximum Gasteiger partial charge on any atom is 0.125 e. The number of alkyl halides is 1. The fraction of sp³-hybridized carbons (Fsp3) is 0.625. The van der Waals surface area contributed by atoms with Crippen molar-refractivity contribution >= 4 is 22.6 Å². The van der Waals surface area contributed by atoms with Crippen LogP contribution in [-0.4, -0.2) is 14.5 Å². The topological polar surface area (TPSA) is 30.7 Å². The van der Waals surface area contributed by atoms with Crippen LogP contribution in [0, 0.1) is 5.92 Å². The third kappa shape index (κ3) is 2.44. The first kappa shape index (κ1) is 13.9. The quantitative estimate of drug-likeness (QED) is 0.764. The number of aromatic nitrogens is 3. The molecule has 2 aromatic rings. The molecule has 1 unspecified atom stereocenters. The number of fused-ring (bicyclic) bond motifs is 1. The van der Waals surface area contributed by atoms with Gasteiger partial charge < -0.3 is 4.57 Å². The van der Waals surface area contributed by atoms with Crippen LogP contribution in [0.3, 0.4) is 0 Å². The Labute approximate surface area is 125 Å². The summed E-state index contributed by atoms with van der Waals surface area (Å²) in [5.74, 6) is 2.23. The zero-order valence-electron chi connectivity index (χ0n) is 12.1. The second kappa shape index (κ2) is 6.13. The molecule has 0 spiro atoms. The van der Waals surface area contributed by atoms with Crippen molar-refractivity contribution in [2.24, 2.45) is 5.92 Å². The number of rotatable bonds is 4. The van der Waals surface area contributed by atoms with Gasteiger partial charge in [-0.25, -0.2) is 4.98 Å². The summed E-state index contributed by atoms with van der Waals surface area (Å²) < 4.78 is 2.39. The van der Waals surface area contributed by atoms with E-state index < -0.39 is 0 Å². The fourth-order valence-corrected chi connectivity index (χ4v) is 3.90. The highest BCUT2D eigenvalue weighted by Gasteiger charge is 2.26. The van der Waals surface area contributed by atoms with Crippen LogP contribution < -0.4 is 0 Å². The van der Waals surface area contributed by atoms with Crippen LogP contribution in [0.15, 0.2) is 18.5 Å². The van der Waals surface area contributed by atoms with E-state index in [1.165, 1.54) is 37.6 Å². The van der Waals surface area contributed by atoms with Gasteiger partial charge in [0, 0.05) is 12.2 Å². The van der Waals surface area contributed by atoms with Gasteiger partial charge in [0.2, 0.25) is 0 Å². The predicted octanol–water partition coefficient (Wildman–Crippen LogP) is 4.70. The van der Waals surface area contributed by atoms with Gasteiger partial charge in [-0.1, -0.05) is 26.2 Å². The van der Waals surface area contributed by atoms with E-state index in [9.17, 15) is 0 Å². The van der Waals surface area contributed by atoms with Crippen LogP contribution in [0.1, 0.15) is 57.3 Å². The first-order valence-corrected chi connectivity index (χ1v) is 8.25. The molecule has 0 amide bonds. The second-order valence-corrected chi connectivity index (χ2v) is 6.04. The van der Waals surface area contributed by atoms with Crippen LogP contribution in [0.25, 0.3) is 11.0 Å². The first-order valence-electron chi connectivity index (χ1n) is 7.72. The molecule has 4 heteroatoms. The van der Waals surface area contributed by atoms with Crippen molar-refractivity contribution in [1.82, 2.24) is 14.5 Å². The fourth-order valence-electron chi connectivity index (χ4n) is 3.71. The van der Waals surface area contributed by atoms with E-state index in [2.05, 4.69) is 27.5 Å². The molecule has 2 heterocycles. The Balaban J connectivity index is 2.05. The second-order valence-electron chi connectivity index (χ2n) is 5.77. The molecule has 0 aliphatic heterocycles. The number of hydrogen-bond donors (Lipinski definition) is 0. The Hall–Kier alpha value is -1.09. The maximum absolute atomic E-state index is 6.14. The monoisotopic (exact) mass is 291 g/mol. The summed E-state index contributed by atoms with van der Waals surface area (Å²) in [6.07, 6.45) is 11.6. The minimum atomic E-state index is 0.470. The van der Waals surface area contributed by atoms with E-state index in [1.807, 2.05) is 12.4 Å². The van der Waals surface area contributed by atoms with E-state index in [-0.39, 0.29) is 0 Å². The molecule has 3 rings (SSSR count). The lowest BCUT2D eigenvalue weighted by Gasteiger charge is -2.32. The van der Waals surface area contributed by atoms with Crippen LogP contribution in [0.4, 0.5) is 0 Å². The average molecular weight is 292 g/mol. The Morgan fingerprint density at radius 1 is 1.35 bits per heavy atom. The summed E-state index contributed by atoms with van der Waals surface area (Å²) in [5.41, 5.74) is 2.16. The molecule has 1 atom stereocenters. The van der Waals surface area contributed by atoms with E-state index >= 15 is 0 Å². The molecule has 2 aromatic heterocycles. The highest BCUT2D eigenvalue weighted by Crippen LogP contribution is 2.37. The van der Waals surface area contributed by atoms with Gasteiger partial charge in [-0.05, 0) is 31.2 Å². The molecule has 1 saturated carbocycles. The van der Waals surface area contributed by atoms with E-state index in [0.29, 0.717) is 11.9 Å². The van der Waals surface area contributed by atoms with Gasteiger partial charge in [0.05, 0.1) is 17.6 Å². The molecule has 0 N–H and O–H groups in total. The third-order valence-corrected chi connectivity index (χ3v) is 4.87. The molecule has 1 aliphatic rings. The van der Waals surface area contributed by atoms with Crippen molar-refractivity contribution in [2.45, 2.75) is 57.4 Å². The molecular weight excluding hydrogens is 270 g/mol. The van der Waals surface area contributed by atoms with Crippen LogP contribution >= 0.6 is 11.6 Å². The zero-order valence-corrected chi connectivity index (χ0v) is 12.8. The Kier molecular flexibility index (Phi) is 4.25. The van der Waals surface area contributed by atoms with E-state index in [0.717, 1.165) is 23.7 Å². The minimum absolute atomic E-state index is 0.470. The average Bonchev–Trinajstić information content (AvgIpc) is 2.88. The molecular formula is C16H22ClN3. The molecule has 1 aliphatic carbocycles. The lowest BCUT2D eigenvalue weighted by atomic mass is 9.82. The largest absolute Gasteiger partial charge is 0.323 e. The summed E-state index contributed by atoms with van der Waals surface area (Å²) >= 11 is 6.14. The van der Waals surface area contributed by atoms with E-state index in [4.69, 9.17) is 11.6 Å². The standard InChI is InChI=1S/C16H22ClN3/c1-2-14(12-6-4-3-5-7-12)20-15-8-9-18-11-13(15)19-16(20)10-17/h8-9,11-12,14H,2-7,10H2,1H3. The summed E-state index contributed by atoms with van der Waals surface area (Å²) in [5, 5.41) is 0. The van der Waals surface area contributed by atoms with Gasteiger partial charge in [0.25, 0.3) is 0 Å². The van der Waals surface area contributed by atoms with Crippen molar-refractivity contribution in [2.75, 3.05) is 0 Å². The predicted molar refractivity (Wildman–Crippen MR) is 83.0 cm³/mol. The van der Waals surface area contributed by atoms with Crippen molar-refractivity contribution in [3.63, 3.8) is 0 Å². The van der Waals surface area contributed by atoms with E-state index in [1.54, 1.807) is 0 Å². The Morgan fingerprint density at radius 2 is 2.15 bits per heavy atom. The molecule has 0 saturated heterocycles. The molecule has 0 aromatic carbocycles. The van der Waals surface area contributed by atoms with Gasteiger partial charge in [-0.2, -0.15) is 0 Å². The van der Waals surface area contributed by atoms with Crippen molar-refractivity contribution in [3.05, 3.63) is 24.3 Å². The highest BCUT2D eigenvalue weighted by atomic mass is 35.5. The third-order valence-electron chi connectivity index (χ3n) is 4.63. The van der Waals surface area contributed by atoms with Gasteiger partial charge in [0.15, 0.2) is 0 Å². The summed E-state index contributed by atoms with van der Waals surface area (Å²) in [7, 11) is 0. The van der Waals surface area contributed by atoms with Crippen molar-refractivity contribution in [3.8, 4) is 0 Å². The summed E-state index contributed by atoms with van der Waals surface area (Å²) in [6.45, 7) is 2.28. The highest BCUT2D eigenvalue weighted by molar-refractivity contribution is 6.16. The van der Waals surface area contributed by atoms with Gasteiger partial charge >= 0.3 is 0 Å². The SMILES string of the molecule is CCC(C1CCCCC1)n1c(CCl)nc2cnccc21. The maximum atomic E-state index is 6.14. The van der Waals surface area contributed by atoms with Crippen molar-refractivity contribution in [1.29, 1.82) is 0 Å². The molecule has 108 valence electrons. The number of imidazole rings is 1. The number of nitrogens with zero attached hydrogens (tertiary/aromatic N) is 3. The summed E-state index contributed by atoms with van der Waals surface area (Å²) in [6, 6.07) is 2.60.